The molecule has 2 atom stereocenters. The van der Waals surface area contributed by atoms with Crippen molar-refractivity contribution in [3.63, 3.8) is 0 Å². The van der Waals surface area contributed by atoms with Crippen molar-refractivity contribution in [2.45, 2.75) is 31.9 Å². The lowest BCUT2D eigenvalue weighted by Crippen LogP contribution is -2.33. The molecule has 0 aliphatic heterocycles. The zero-order valence-electron chi connectivity index (χ0n) is 19.3. The Labute approximate surface area is 191 Å². The Morgan fingerprint density at radius 1 is 1.00 bits per heavy atom. The lowest BCUT2D eigenvalue weighted by molar-refractivity contribution is 0.0973. The molecule has 2 unspecified atom stereocenters. The van der Waals surface area contributed by atoms with Crippen molar-refractivity contribution in [3.8, 4) is 5.75 Å². The second-order valence-corrected chi connectivity index (χ2v) is 8.43. The molecule has 0 amide bonds. The molecule has 2 N–H and O–H groups in total. The minimum absolute atomic E-state index is 0.0780. The van der Waals surface area contributed by atoms with E-state index in [9.17, 15) is 9.90 Å². The predicted octanol–water partition coefficient (Wildman–Crippen LogP) is 4.45. The first kappa shape index (κ1) is 23.9. The minimum atomic E-state index is -0.615. The van der Waals surface area contributed by atoms with Gasteiger partial charge in [-0.15, -0.1) is 0 Å². The van der Waals surface area contributed by atoms with Crippen LogP contribution in [0.15, 0.2) is 66.7 Å². The van der Waals surface area contributed by atoms with Crippen LogP contribution < -0.4 is 10.1 Å². The van der Waals surface area contributed by atoms with Crippen LogP contribution in [-0.2, 0) is 0 Å². The molecule has 32 heavy (non-hydrogen) atoms. The van der Waals surface area contributed by atoms with Crippen molar-refractivity contribution >= 4 is 16.6 Å². The van der Waals surface area contributed by atoms with Gasteiger partial charge in [0.15, 0.2) is 5.78 Å². The first-order valence-electron chi connectivity index (χ1n) is 11.3. The summed E-state index contributed by atoms with van der Waals surface area (Å²) in [4.78, 5) is 15.1. The number of hydrogen-bond acceptors (Lipinski definition) is 5. The molecule has 0 spiro atoms. The Morgan fingerprint density at radius 3 is 2.41 bits per heavy atom. The number of fused-ring (bicyclic) bond motifs is 1. The Morgan fingerprint density at radius 2 is 1.69 bits per heavy atom. The molecule has 3 aromatic carbocycles. The van der Waals surface area contributed by atoms with Gasteiger partial charge in [-0.05, 0) is 50.5 Å². The molecule has 0 saturated carbocycles. The van der Waals surface area contributed by atoms with Gasteiger partial charge in [0.2, 0.25) is 0 Å². The molecule has 3 rings (SSSR count). The van der Waals surface area contributed by atoms with Crippen molar-refractivity contribution in [2.24, 2.45) is 0 Å². The van der Waals surface area contributed by atoms with Gasteiger partial charge in [-0.2, -0.15) is 0 Å². The molecule has 0 aliphatic carbocycles. The summed E-state index contributed by atoms with van der Waals surface area (Å²) in [5, 5.41) is 15.7. The summed E-state index contributed by atoms with van der Waals surface area (Å²) in [5.74, 6) is 0.892. The third kappa shape index (κ3) is 6.39. The molecule has 0 radical (unpaired) electrons. The summed E-state index contributed by atoms with van der Waals surface area (Å²) in [6, 6.07) is 21.1. The zero-order chi connectivity index (χ0) is 22.9. The minimum Gasteiger partial charge on any atom is -0.493 e. The van der Waals surface area contributed by atoms with E-state index in [-0.39, 0.29) is 11.8 Å². The highest BCUT2D eigenvalue weighted by Crippen LogP contribution is 2.29. The Kier molecular flexibility index (Phi) is 8.80. The fourth-order valence-corrected chi connectivity index (χ4v) is 3.80. The molecule has 0 aliphatic rings. The van der Waals surface area contributed by atoms with Gasteiger partial charge in [0.05, 0.1) is 12.7 Å². The summed E-state index contributed by atoms with van der Waals surface area (Å²) < 4.78 is 6.01. The summed E-state index contributed by atoms with van der Waals surface area (Å²) in [5.41, 5.74) is 1.57. The average Bonchev–Trinajstić information content (AvgIpc) is 2.81. The number of ketones is 1. The van der Waals surface area contributed by atoms with E-state index in [4.69, 9.17) is 4.74 Å². The second kappa shape index (κ2) is 11.8. The lowest BCUT2D eigenvalue weighted by Gasteiger charge is -2.20. The van der Waals surface area contributed by atoms with Crippen molar-refractivity contribution in [1.29, 1.82) is 0 Å². The van der Waals surface area contributed by atoms with Crippen LogP contribution in [-0.4, -0.2) is 55.6 Å². The van der Waals surface area contributed by atoms with E-state index >= 15 is 0 Å². The predicted molar refractivity (Wildman–Crippen MR) is 130 cm³/mol. The van der Waals surface area contributed by atoms with Crippen LogP contribution in [0.3, 0.4) is 0 Å². The fourth-order valence-electron chi connectivity index (χ4n) is 3.80. The first-order chi connectivity index (χ1) is 15.5. The monoisotopic (exact) mass is 434 g/mol. The molecule has 5 heteroatoms. The molecule has 0 saturated heterocycles. The van der Waals surface area contributed by atoms with Gasteiger partial charge in [-0.1, -0.05) is 54.6 Å². The van der Waals surface area contributed by atoms with Gasteiger partial charge in [-0.25, -0.2) is 0 Å². The fraction of sp³-hybridized carbons (Fsp3) is 0.370. The number of Topliss-reactive ketones (excluding diaryl/α,β-unsaturated/α-hetero) is 1. The molecule has 0 fully saturated rings. The topological polar surface area (TPSA) is 61.8 Å². The standard InChI is InChI=1S/C27H34N2O3/c1-20(27(31)21-10-5-4-6-11-21)28-17-16-25(30)23-14-15-26(32-19-9-18-29(2)3)24-13-8-7-12-22(23)24/h4-8,10-15,20,27-28,31H,9,16-19H2,1-3H3. The van der Waals surface area contributed by atoms with Gasteiger partial charge in [0.1, 0.15) is 5.75 Å². The SMILES string of the molecule is CC(NCCC(=O)c1ccc(OCCCN(C)C)c2ccccc12)C(O)c1ccccc1. The summed E-state index contributed by atoms with van der Waals surface area (Å²) in [6.45, 7) is 4.04. The largest absolute Gasteiger partial charge is 0.493 e. The van der Waals surface area contributed by atoms with Crippen LogP contribution in [0.5, 0.6) is 5.75 Å². The highest BCUT2D eigenvalue weighted by molar-refractivity contribution is 6.09. The molecule has 170 valence electrons. The van der Waals surface area contributed by atoms with E-state index in [1.54, 1.807) is 0 Å². The Balaban J connectivity index is 1.61. The molecular weight excluding hydrogens is 400 g/mol. The number of hydrogen-bond donors (Lipinski definition) is 2. The smallest absolute Gasteiger partial charge is 0.164 e. The summed E-state index contributed by atoms with van der Waals surface area (Å²) in [7, 11) is 4.10. The maximum atomic E-state index is 13.0. The molecule has 0 heterocycles. The molecule has 0 bridgehead atoms. The van der Waals surface area contributed by atoms with E-state index in [1.165, 1.54) is 0 Å². The van der Waals surface area contributed by atoms with E-state index in [0.717, 1.165) is 35.1 Å². The van der Waals surface area contributed by atoms with E-state index in [0.29, 0.717) is 25.1 Å². The van der Waals surface area contributed by atoms with E-state index < -0.39 is 6.10 Å². The molecule has 5 nitrogen and oxygen atoms in total. The summed E-state index contributed by atoms with van der Waals surface area (Å²) in [6.07, 6.45) is 0.690. The Hall–Kier alpha value is -2.73. The highest BCUT2D eigenvalue weighted by atomic mass is 16.5. The van der Waals surface area contributed by atoms with Gasteiger partial charge in [0, 0.05) is 36.5 Å². The van der Waals surface area contributed by atoms with Crippen LogP contribution in [0.4, 0.5) is 0 Å². The normalized spacial score (nSPS) is 13.3. The molecular formula is C27H34N2O3. The van der Waals surface area contributed by atoms with Crippen molar-refractivity contribution < 1.29 is 14.6 Å². The van der Waals surface area contributed by atoms with Gasteiger partial charge in [0.25, 0.3) is 0 Å². The Bertz CT molecular complexity index is 1000. The van der Waals surface area contributed by atoms with Crippen LogP contribution >= 0.6 is 0 Å². The number of aliphatic hydroxyl groups is 1. The number of ether oxygens (including phenoxy) is 1. The van der Waals surface area contributed by atoms with Gasteiger partial charge in [-0.3, -0.25) is 4.79 Å². The third-order valence-corrected chi connectivity index (χ3v) is 5.62. The lowest BCUT2D eigenvalue weighted by atomic mass is 9.98. The third-order valence-electron chi connectivity index (χ3n) is 5.62. The summed E-state index contributed by atoms with van der Waals surface area (Å²) >= 11 is 0. The van der Waals surface area contributed by atoms with Crippen LogP contribution in [0, 0.1) is 0 Å². The average molecular weight is 435 g/mol. The first-order valence-corrected chi connectivity index (χ1v) is 11.3. The zero-order valence-corrected chi connectivity index (χ0v) is 19.3. The molecule has 0 aromatic heterocycles. The highest BCUT2D eigenvalue weighted by Gasteiger charge is 2.17. The van der Waals surface area contributed by atoms with Crippen LogP contribution in [0.1, 0.15) is 41.8 Å². The second-order valence-electron chi connectivity index (χ2n) is 8.43. The van der Waals surface area contributed by atoms with E-state index in [1.807, 2.05) is 87.7 Å². The number of rotatable bonds is 12. The number of carbonyl (C=O) groups excluding carboxylic acids is 1. The van der Waals surface area contributed by atoms with Crippen molar-refractivity contribution in [3.05, 3.63) is 77.9 Å². The van der Waals surface area contributed by atoms with Crippen LogP contribution in [0.25, 0.3) is 10.8 Å². The molecule has 3 aromatic rings. The quantitative estimate of drug-likeness (QED) is 0.326. The number of benzene rings is 3. The number of carbonyl (C=O) groups is 1. The van der Waals surface area contributed by atoms with Gasteiger partial charge < -0.3 is 20.1 Å². The maximum Gasteiger partial charge on any atom is 0.164 e. The van der Waals surface area contributed by atoms with Crippen LogP contribution in [0.2, 0.25) is 0 Å². The van der Waals surface area contributed by atoms with Crippen molar-refractivity contribution in [1.82, 2.24) is 10.2 Å². The number of nitrogens with zero attached hydrogens (tertiary/aromatic N) is 1. The maximum absolute atomic E-state index is 13.0. The van der Waals surface area contributed by atoms with Crippen molar-refractivity contribution in [2.75, 3.05) is 33.8 Å². The van der Waals surface area contributed by atoms with E-state index in [2.05, 4.69) is 10.2 Å². The number of aliphatic hydroxyl groups excluding tert-OH is 1. The van der Waals surface area contributed by atoms with Gasteiger partial charge >= 0.3 is 0 Å². The number of nitrogens with one attached hydrogen (secondary N) is 1.